The minimum Gasteiger partial charge on any atom is -0.468 e. The van der Waals surface area contributed by atoms with Gasteiger partial charge in [0.05, 0.1) is 68.1 Å². The Morgan fingerprint density at radius 2 is 1.47 bits per heavy atom. The van der Waals surface area contributed by atoms with Gasteiger partial charge in [-0.3, -0.25) is 19.4 Å². The molecule has 416 valence electrons. The lowest BCUT2D eigenvalue weighted by Gasteiger charge is -2.32. The van der Waals surface area contributed by atoms with Crippen LogP contribution >= 0.6 is 33.2 Å². The zero-order valence-corrected chi connectivity index (χ0v) is 46.6. The summed E-state index contributed by atoms with van der Waals surface area (Å²) >= 11 is 6.58. The number of esters is 3. The van der Waals surface area contributed by atoms with Crippen LogP contribution in [0.5, 0.6) is 0 Å². The van der Waals surface area contributed by atoms with E-state index in [1.54, 1.807) is 62.4 Å². The number of hydrogen-bond donors (Lipinski definition) is 4. The third-order valence-electron chi connectivity index (χ3n) is 12.5. The smallest absolute Gasteiger partial charge is 0.407 e. The maximum Gasteiger partial charge on any atom is 0.407 e. The second-order valence-corrected chi connectivity index (χ2v) is 21.4. The van der Waals surface area contributed by atoms with Crippen LogP contribution in [0, 0.1) is 11.7 Å². The molecule has 0 saturated carbocycles. The molecule has 5 aromatic rings. The van der Waals surface area contributed by atoms with Crippen molar-refractivity contribution >= 4 is 74.5 Å². The van der Waals surface area contributed by atoms with Gasteiger partial charge in [-0.05, 0) is 91.8 Å². The molecule has 0 fully saturated rings. The van der Waals surface area contributed by atoms with Gasteiger partial charge in [0.2, 0.25) is 0 Å². The first-order valence-electron chi connectivity index (χ1n) is 25.6. The predicted octanol–water partition coefficient (Wildman–Crippen LogP) is 10.4. The number of nitrogens with zero attached hydrogens (tertiary/aromatic N) is 2. The molecule has 4 atom stereocenters. The van der Waals surface area contributed by atoms with Gasteiger partial charge in [0.25, 0.3) is 5.91 Å². The molecule has 6 rings (SSSR count). The second-order valence-electron chi connectivity index (χ2n) is 18.3. The van der Waals surface area contributed by atoms with Gasteiger partial charge >= 0.3 is 24.0 Å². The fraction of sp³-hybridized carbons (Fsp3) is 0.379. The van der Waals surface area contributed by atoms with Crippen molar-refractivity contribution in [2.75, 3.05) is 63.5 Å². The third kappa shape index (κ3) is 16.8. The van der Waals surface area contributed by atoms with E-state index in [-0.39, 0.29) is 88.5 Å². The molecule has 4 aromatic carbocycles. The number of amides is 2. The van der Waals surface area contributed by atoms with E-state index in [2.05, 4.69) is 15.6 Å². The number of carbonyl (C=O) groups is 5. The molecule has 0 radical (unpaired) electrons. The Balaban J connectivity index is 0.922. The number of aliphatic hydroxyl groups is 2. The highest BCUT2D eigenvalue weighted by Crippen LogP contribution is 2.44. The van der Waals surface area contributed by atoms with Crippen LogP contribution in [0.15, 0.2) is 125 Å². The Kier molecular flexibility index (Phi) is 23.8. The fourth-order valence-corrected chi connectivity index (χ4v) is 11.1. The van der Waals surface area contributed by atoms with Crippen molar-refractivity contribution in [3.05, 3.63) is 148 Å². The zero-order chi connectivity index (χ0) is 56.1. The Hall–Kier alpha value is -6.48. The Labute approximate surface area is 466 Å². The van der Waals surface area contributed by atoms with E-state index >= 15 is 0 Å². The quantitative estimate of drug-likeness (QED) is 0.0159. The van der Waals surface area contributed by atoms with Crippen molar-refractivity contribution in [3.8, 4) is 22.4 Å². The standard InChI is InChI=1S/C58H66ClFN4O12S2/c1-6-74-57(70)51-46(62-37(4)48(56(69)72-5)50(51)44-19-13-14-20-45(44)59)35-73-28-26-61-58(71)76-30-32-78-77-31-29-75-47(67)34-43(66)33-42(65)25-27-64-53(36(2)3)52(55(68)63-41-17-11-8-12-18-41)49(38-15-9-7-10-16-38)54(64)39-21-23-40(60)24-22-39/h7-24,36,42-43,48,50,65-66H,6,25-35H2,1-5H3,(H,61,71)(H,63,68)/t42-,43-,48?,50?/m1/s1. The number of aliphatic imine (C=N–C) groups is 1. The van der Waals surface area contributed by atoms with E-state index in [0.29, 0.717) is 55.9 Å². The molecule has 0 saturated heterocycles. The molecular weight excluding hydrogens is 1060 g/mol. The normalized spacial score (nSPS) is 15.0. The number of para-hydroxylation sites is 1. The van der Waals surface area contributed by atoms with Gasteiger partial charge in [-0.25, -0.2) is 14.0 Å². The lowest BCUT2D eigenvalue weighted by Crippen LogP contribution is -2.37. The average molecular weight is 1130 g/mol. The SMILES string of the molecule is CCOC(=O)C1=C(COCCNC(=O)OCCSSCCOC(=O)C[C@H](O)C[C@H](O)CCn2c(-c3ccc(F)cc3)c(-c3ccccc3)c(C(=O)Nc3ccccc3)c2C(C)C)N=C(C)C(C(=O)OC)C1c1ccccc1Cl. The van der Waals surface area contributed by atoms with Crippen molar-refractivity contribution in [2.45, 2.75) is 77.5 Å². The third-order valence-corrected chi connectivity index (χ3v) is 15.2. The number of alkyl carbamates (subject to hydrolysis) is 1. The number of methoxy groups -OCH3 is 1. The van der Waals surface area contributed by atoms with Crippen LogP contribution in [-0.2, 0) is 44.6 Å². The van der Waals surface area contributed by atoms with Crippen LogP contribution in [0.25, 0.3) is 22.4 Å². The molecule has 2 amide bonds. The first-order valence-corrected chi connectivity index (χ1v) is 28.5. The van der Waals surface area contributed by atoms with E-state index in [4.69, 9.17) is 35.3 Å². The van der Waals surface area contributed by atoms with Gasteiger partial charge in [0.1, 0.15) is 24.9 Å². The van der Waals surface area contributed by atoms with Gasteiger partial charge in [-0.2, -0.15) is 0 Å². The Morgan fingerprint density at radius 3 is 2.13 bits per heavy atom. The first-order chi connectivity index (χ1) is 37.6. The van der Waals surface area contributed by atoms with Crippen LogP contribution < -0.4 is 10.6 Å². The first kappa shape index (κ1) is 60.7. The van der Waals surface area contributed by atoms with Crippen molar-refractivity contribution < 1.29 is 62.3 Å². The predicted molar refractivity (Wildman–Crippen MR) is 302 cm³/mol. The average Bonchev–Trinajstić information content (AvgIpc) is 3.89. The molecule has 16 nitrogen and oxygen atoms in total. The summed E-state index contributed by atoms with van der Waals surface area (Å²) in [5.41, 5.74) is 5.93. The van der Waals surface area contributed by atoms with Gasteiger partial charge < -0.3 is 49.1 Å². The molecule has 20 heteroatoms. The largest absolute Gasteiger partial charge is 0.468 e. The minimum absolute atomic E-state index is 0.0469. The molecule has 0 bridgehead atoms. The maximum absolute atomic E-state index is 14.4. The highest BCUT2D eigenvalue weighted by Gasteiger charge is 2.44. The van der Waals surface area contributed by atoms with E-state index in [9.17, 15) is 38.6 Å². The number of anilines is 1. The maximum atomic E-state index is 14.4. The summed E-state index contributed by atoms with van der Waals surface area (Å²) in [7, 11) is 4.09. The summed E-state index contributed by atoms with van der Waals surface area (Å²) in [4.78, 5) is 70.4. The van der Waals surface area contributed by atoms with Crippen LogP contribution in [0.3, 0.4) is 0 Å². The highest BCUT2D eigenvalue weighted by molar-refractivity contribution is 8.76. The van der Waals surface area contributed by atoms with Crippen LogP contribution in [-0.4, -0.2) is 121 Å². The number of carbonyl (C=O) groups excluding carboxylic acids is 5. The minimum atomic E-state index is -1.19. The van der Waals surface area contributed by atoms with Crippen molar-refractivity contribution in [1.82, 2.24) is 9.88 Å². The number of halogens is 2. The van der Waals surface area contributed by atoms with Crippen LogP contribution in [0.1, 0.15) is 80.4 Å². The van der Waals surface area contributed by atoms with Crippen LogP contribution in [0.4, 0.5) is 14.9 Å². The number of aliphatic hydroxyl groups excluding tert-OH is 2. The summed E-state index contributed by atoms with van der Waals surface area (Å²) in [6.45, 7) is 7.81. The van der Waals surface area contributed by atoms with Crippen molar-refractivity contribution in [1.29, 1.82) is 0 Å². The van der Waals surface area contributed by atoms with Gasteiger partial charge in [0, 0.05) is 58.2 Å². The number of benzene rings is 4. The molecule has 4 N–H and O–H groups in total. The van der Waals surface area contributed by atoms with E-state index < -0.39 is 53.9 Å². The van der Waals surface area contributed by atoms with Gasteiger partial charge in [-0.1, -0.05) is 114 Å². The highest BCUT2D eigenvalue weighted by atomic mass is 35.5. The topological polar surface area (TPSA) is 213 Å². The summed E-state index contributed by atoms with van der Waals surface area (Å²) < 4.78 is 43.2. The van der Waals surface area contributed by atoms with Gasteiger partial charge in [0.15, 0.2) is 0 Å². The Bertz CT molecular complexity index is 2890. The lowest BCUT2D eigenvalue weighted by molar-refractivity contribution is -0.146. The van der Waals surface area contributed by atoms with E-state index in [1.165, 1.54) is 40.8 Å². The number of hydrogen-bond acceptors (Lipinski definition) is 15. The molecular formula is C58H66ClFN4O12S2. The molecule has 1 aromatic heterocycles. The molecule has 1 aliphatic rings. The molecule has 0 aliphatic carbocycles. The van der Waals surface area contributed by atoms with Gasteiger partial charge in [-0.15, -0.1) is 0 Å². The zero-order valence-electron chi connectivity index (χ0n) is 44.2. The van der Waals surface area contributed by atoms with Crippen molar-refractivity contribution in [2.24, 2.45) is 10.9 Å². The van der Waals surface area contributed by atoms with Crippen LogP contribution in [0.2, 0.25) is 5.02 Å². The van der Waals surface area contributed by atoms with E-state index in [0.717, 1.165) is 11.3 Å². The lowest BCUT2D eigenvalue weighted by atomic mass is 9.75. The number of aromatic nitrogens is 1. The molecule has 1 aliphatic heterocycles. The number of rotatable bonds is 28. The van der Waals surface area contributed by atoms with E-state index in [1.807, 2.05) is 66.9 Å². The molecule has 78 heavy (non-hydrogen) atoms. The molecule has 2 unspecified atom stereocenters. The molecule has 0 spiro atoms. The number of nitrogens with one attached hydrogen (secondary N) is 2. The fourth-order valence-electron chi connectivity index (χ4n) is 9.16. The Morgan fingerprint density at radius 1 is 0.821 bits per heavy atom. The second kappa shape index (κ2) is 30.6. The summed E-state index contributed by atoms with van der Waals surface area (Å²) in [6.07, 6.45) is -3.13. The summed E-state index contributed by atoms with van der Waals surface area (Å²) in [5.74, 6) is -3.66. The summed E-state index contributed by atoms with van der Waals surface area (Å²) in [6, 6.07) is 31.6. The summed E-state index contributed by atoms with van der Waals surface area (Å²) in [5, 5.41) is 28.1. The molecule has 2 heterocycles. The monoisotopic (exact) mass is 1130 g/mol. The van der Waals surface area contributed by atoms with Crippen molar-refractivity contribution in [3.63, 3.8) is 0 Å². The number of ether oxygens (including phenoxy) is 5.